The highest BCUT2D eigenvalue weighted by Crippen LogP contribution is 2.72. The van der Waals surface area contributed by atoms with Gasteiger partial charge in [0.15, 0.2) is 0 Å². The van der Waals surface area contributed by atoms with Gasteiger partial charge < -0.3 is 4.74 Å². The Morgan fingerprint density at radius 1 is 0.846 bits per heavy atom. The highest BCUT2D eigenvalue weighted by molar-refractivity contribution is 8.17. The molecule has 0 radical (unpaired) electrons. The van der Waals surface area contributed by atoms with Crippen LogP contribution in [0, 0.1) is 28.6 Å². The number of carbonyl (C=O) groups excluding carboxylic acids is 1. The van der Waals surface area contributed by atoms with Gasteiger partial charge in [0.2, 0.25) is 0 Å². The third kappa shape index (κ3) is 5.03. The third-order valence-electron chi connectivity index (χ3n) is 11.1. The van der Waals surface area contributed by atoms with Gasteiger partial charge in [0.1, 0.15) is 6.10 Å². The van der Waals surface area contributed by atoms with Crippen LogP contribution in [0.2, 0.25) is 0 Å². The summed E-state index contributed by atoms with van der Waals surface area (Å²) in [4.78, 5) is 11.6. The Kier molecular flexibility index (Phi) is 7.74. The summed E-state index contributed by atoms with van der Waals surface area (Å²) in [5.41, 5.74) is 5.10. The summed E-state index contributed by atoms with van der Waals surface area (Å²) in [6.07, 6.45) is 12.4. The first kappa shape index (κ1) is 27.5. The van der Waals surface area contributed by atoms with Crippen LogP contribution >= 0.6 is 23.5 Å². The molecule has 208 valence electrons. The molecule has 0 bridgehead atoms. The molecule has 3 fully saturated rings. The van der Waals surface area contributed by atoms with E-state index in [9.17, 15) is 4.79 Å². The van der Waals surface area contributed by atoms with Crippen LogP contribution in [0.3, 0.4) is 0 Å². The van der Waals surface area contributed by atoms with E-state index in [-0.39, 0.29) is 21.6 Å². The lowest BCUT2D eigenvalue weighted by Gasteiger charge is -2.59. The zero-order valence-corrected chi connectivity index (χ0v) is 25.5. The SMILES string of the molecule is CC(=O)O[C@@H]1CC[C@@]2(C)C(=CC[C@@H]3[C@@H]2CC[C@@]2(C)[C@H]3CCC2(SCc2ccccc2)SCc2ccccc2)C1. The van der Waals surface area contributed by atoms with Gasteiger partial charge in [0.25, 0.3) is 0 Å². The lowest BCUT2D eigenvalue weighted by molar-refractivity contribution is -0.148. The summed E-state index contributed by atoms with van der Waals surface area (Å²) < 4.78 is 5.92. The van der Waals surface area contributed by atoms with Crippen molar-refractivity contribution in [3.05, 3.63) is 83.4 Å². The van der Waals surface area contributed by atoms with Crippen molar-refractivity contribution < 1.29 is 9.53 Å². The molecule has 0 N–H and O–H groups in total. The minimum atomic E-state index is -0.130. The first-order valence-corrected chi connectivity index (χ1v) is 17.0. The van der Waals surface area contributed by atoms with Crippen LogP contribution in [-0.2, 0) is 21.0 Å². The molecule has 2 nitrogen and oxygen atoms in total. The Balaban J connectivity index is 1.26. The fourth-order valence-electron chi connectivity index (χ4n) is 8.98. The molecule has 2 aromatic carbocycles. The number of benzene rings is 2. The molecular weight excluding hydrogens is 517 g/mol. The van der Waals surface area contributed by atoms with Gasteiger partial charge in [0.05, 0.1) is 4.08 Å². The second kappa shape index (κ2) is 11.0. The smallest absolute Gasteiger partial charge is 0.302 e. The van der Waals surface area contributed by atoms with E-state index in [1.165, 1.54) is 43.2 Å². The molecule has 4 heteroatoms. The molecular formula is C35H44O2S2. The summed E-state index contributed by atoms with van der Waals surface area (Å²) in [5.74, 6) is 4.39. The quantitative estimate of drug-likeness (QED) is 0.191. The first-order valence-electron chi connectivity index (χ1n) is 15.1. The molecule has 0 spiro atoms. The average molecular weight is 561 g/mol. The van der Waals surface area contributed by atoms with E-state index >= 15 is 0 Å². The Bertz CT molecular complexity index is 1150. The standard InChI is InChI=1S/C35H44O2S2/c1-25(36)37-29-16-19-33(2)28(22-29)14-15-30-31(33)17-20-34(3)32(30)18-21-35(34,38-23-26-10-6-4-7-11-26)39-24-27-12-8-5-9-13-27/h4-14,29-32H,15-24H2,1-3H3/t29-,30-,31+,32+,33+,34+/m1/s1. The van der Waals surface area contributed by atoms with Gasteiger partial charge in [-0.1, -0.05) is 86.2 Å². The maximum Gasteiger partial charge on any atom is 0.302 e. The Morgan fingerprint density at radius 3 is 2.08 bits per heavy atom. The van der Waals surface area contributed by atoms with Crippen LogP contribution in [0.25, 0.3) is 0 Å². The lowest BCUT2D eigenvalue weighted by atomic mass is 9.48. The number of carbonyl (C=O) groups is 1. The number of hydrogen-bond acceptors (Lipinski definition) is 4. The number of fused-ring (bicyclic) bond motifs is 5. The minimum absolute atomic E-state index is 0.0788. The molecule has 0 aliphatic heterocycles. The van der Waals surface area contributed by atoms with Crippen LogP contribution in [0.15, 0.2) is 72.3 Å². The molecule has 4 aliphatic rings. The predicted octanol–water partition coefficient (Wildman–Crippen LogP) is 9.44. The fourth-order valence-corrected chi connectivity index (χ4v) is 12.5. The van der Waals surface area contributed by atoms with Crippen molar-refractivity contribution in [3.8, 4) is 0 Å². The Hall–Kier alpha value is -1.65. The molecule has 0 aromatic heterocycles. The number of hydrogen-bond donors (Lipinski definition) is 0. The maximum atomic E-state index is 11.6. The number of allylic oxidation sites excluding steroid dienone is 1. The maximum absolute atomic E-state index is 11.6. The molecule has 4 aliphatic carbocycles. The molecule has 2 aromatic rings. The zero-order chi connectivity index (χ0) is 27.1. The van der Waals surface area contributed by atoms with Crippen molar-refractivity contribution in [1.82, 2.24) is 0 Å². The van der Waals surface area contributed by atoms with Gasteiger partial charge in [0, 0.05) is 24.9 Å². The van der Waals surface area contributed by atoms with E-state index in [4.69, 9.17) is 4.74 Å². The van der Waals surface area contributed by atoms with Crippen LogP contribution in [-0.4, -0.2) is 16.2 Å². The van der Waals surface area contributed by atoms with Gasteiger partial charge in [-0.2, -0.15) is 0 Å². The van der Waals surface area contributed by atoms with E-state index in [0.29, 0.717) is 5.41 Å². The van der Waals surface area contributed by atoms with Crippen molar-refractivity contribution in [3.63, 3.8) is 0 Å². The fraction of sp³-hybridized carbons (Fsp3) is 0.571. The van der Waals surface area contributed by atoms with E-state index in [2.05, 4.69) is 104 Å². The Morgan fingerprint density at radius 2 is 1.46 bits per heavy atom. The van der Waals surface area contributed by atoms with E-state index < -0.39 is 0 Å². The zero-order valence-electron chi connectivity index (χ0n) is 23.9. The van der Waals surface area contributed by atoms with Gasteiger partial charge in [-0.05, 0) is 84.7 Å². The summed E-state index contributed by atoms with van der Waals surface area (Å²) in [7, 11) is 0. The molecule has 0 heterocycles. The van der Waals surface area contributed by atoms with Crippen molar-refractivity contribution in [2.75, 3.05) is 0 Å². The second-order valence-electron chi connectivity index (χ2n) is 13.0. The topological polar surface area (TPSA) is 26.3 Å². The third-order valence-corrected chi connectivity index (χ3v) is 15.0. The number of ether oxygens (including phenoxy) is 1. The largest absolute Gasteiger partial charge is 0.462 e. The molecule has 6 rings (SSSR count). The van der Waals surface area contributed by atoms with Crippen LogP contribution < -0.4 is 0 Å². The molecule has 0 unspecified atom stereocenters. The number of thioether (sulfide) groups is 2. The van der Waals surface area contributed by atoms with Crippen molar-refractivity contribution >= 4 is 29.5 Å². The highest BCUT2D eigenvalue weighted by Gasteiger charge is 2.64. The van der Waals surface area contributed by atoms with Crippen molar-refractivity contribution in [2.45, 2.75) is 93.8 Å². The summed E-state index contributed by atoms with van der Waals surface area (Å²) in [6.45, 7) is 6.79. The Labute approximate surface area is 244 Å². The summed E-state index contributed by atoms with van der Waals surface area (Å²) >= 11 is 4.51. The van der Waals surface area contributed by atoms with Gasteiger partial charge in [-0.3, -0.25) is 4.79 Å². The number of esters is 1. The van der Waals surface area contributed by atoms with Crippen molar-refractivity contribution in [1.29, 1.82) is 0 Å². The van der Waals surface area contributed by atoms with Crippen LogP contribution in [0.4, 0.5) is 0 Å². The van der Waals surface area contributed by atoms with Crippen LogP contribution in [0.5, 0.6) is 0 Å². The van der Waals surface area contributed by atoms with E-state index in [0.717, 1.165) is 48.5 Å². The lowest BCUT2D eigenvalue weighted by Crippen LogP contribution is -2.53. The van der Waals surface area contributed by atoms with Gasteiger partial charge >= 0.3 is 5.97 Å². The molecule has 39 heavy (non-hydrogen) atoms. The molecule has 6 atom stereocenters. The molecule has 0 amide bonds. The summed E-state index contributed by atoms with van der Waals surface area (Å²) in [5, 5.41) is 0. The van der Waals surface area contributed by atoms with Crippen molar-refractivity contribution in [2.24, 2.45) is 28.6 Å². The number of rotatable bonds is 7. The first-order chi connectivity index (χ1) is 18.8. The van der Waals surface area contributed by atoms with Crippen LogP contribution in [0.1, 0.15) is 83.3 Å². The molecule has 0 saturated heterocycles. The monoisotopic (exact) mass is 560 g/mol. The minimum Gasteiger partial charge on any atom is -0.462 e. The van der Waals surface area contributed by atoms with E-state index in [1.54, 1.807) is 12.5 Å². The van der Waals surface area contributed by atoms with E-state index in [1.807, 2.05) is 0 Å². The summed E-state index contributed by atoms with van der Waals surface area (Å²) in [6, 6.07) is 22.2. The highest BCUT2D eigenvalue weighted by atomic mass is 32.2. The predicted molar refractivity (Wildman–Crippen MR) is 165 cm³/mol. The van der Waals surface area contributed by atoms with Gasteiger partial charge in [-0.25, -0.2) is 0 Å². The average Bonchev–Trinajstić information content (AvgIpc) is 3.24. The van der Waals surface area contributed by atoms with Gasteiger partial charge in [-0.15, -0.1) is 23.5 Å². The molecule has 3 saturated carbocycles. The normalized spacial score (nSPS) is 34.8. The second-order valence-corrected chi connectivity index (χ2v) is 15.8.